The highest BCUT2D eigenvalue weighted by Gasteiger charge is 2.33. The molecule has 0 atom stereocenters. The number of fused-ring (bicyclic) bond motifs is 1. The number of alkyl halides is 3. The molecule has 2 N–H and O–H groups in total. The van der Waals surface area contributed by atoms with Gasteiger partial charge in [-0.25, -0.2) is 0 Å². The Hall–Kier alpha value is -2.55. The molecule has 1 heterocycles. The van der Waals surface area contributed by atoms with Crippen LogP contribution in [-0.2, 0) is 11.0 Å². The molecule has 2 amide bonds. The fraction of sp³-hybridized carbons (Fsp3) is 0.125. The van der Waals surface area contributed by atoms with E-state index in [2.05, 4.69) is 26.6 Å². The Morgan fingerprint density at radius 1 is 1.20 bits per heavy atom. The van der Waals surface area contributed by atoms with E-state index in [0.717, 1.165) is 6.07 Å². The second-order valence-corrected chi connectivity index (χ2v) is 6.05. The molecule has 1 aliphatic rings. The molecule has 0 bridgehead atoms. The van der Waals surface area contributed by atoms with Gasteiger partial charge in [-0.05, 0) is 36.4 Å². The second-order valence-electron chi connectivity index (χ2n) is 5.19. The molecule has 5 nitrogen and oxygen atoms in total. The molecular formula is C16H10BrF3N2O3. The van der Waals surface area contributed by atoms with Crippen LogP contribution in [0.2, 0.25) is 0 Å². The Bertz CT molecular complexity index is 868. The lowest BCUT2D eigenvalue weighted by Crippen LogP contribution is -2.25. The summed E-state index contributed by atoms with van der Waals surface area (Å²) >= 11 is 2.84. The summed E-state index contributed by atoms with van der Waals surface area (Å²) < 4.78 is 43.8. The number of rotatable bonds is 2. The first-order chi connectivity index (χ1) is 11.7. The van der Waals surface area contributed by atoms with Crippen molar-refractivity contribution < 1.29 is 27.5 Å². The lowest BCUT2D eigenvalue weighted by Gasteiger charge is -2.18. The van der Waals surface area contributed by atoms with Crippen LogP contribution in [0.5, 0.6) is 5.75 Å². The lowest BCUT2D eigenvalue weighted by molar-refractivity contribution is -0.138. The van der Waals surface area contributed by atoms with Crippen LogP contribution in [0.3, 0.4) is 0 Å². The van der Waals surface area contributed by atoms with Crippen molar-refractivity contribution >= 4 is 39.1 Å². The van der Waals surface area contributed by atoms with Crippen molar-refractivity contribution in [3.63, 3.8) is 0 Å². The molecule has 0 radical (unpaired) electrons. The Labute approximate surface area is 148 Å². The quantitative estimate of drug-likeness (QED) is 0.778. The maximum absolute atomic E-state index is 12.9. The highest BCUT2D eigenvalue weighted by molar-refractivity contribution is 9.10. The van der Waals surface area contributed by atoms with Crippen LogP contribution >= 0.6 is 15.9 Å². The average Bonchev–Trinajstić information content (AvgIpc) is 2.55. The third-order valence-corrected chi connectivity index (χ3v) is 4.10. The van der Waals surface area contributed by atoms with E-state index < -0.39 is 17.6 Å². The van der Waals surface area contributed by atoms with Gasteiger partial charge in [-0.2, -0.15) is 13.2 Å². The maximum atomic E-state index is 12.9. The van der Waals surface area contributed by atoms with E-state index in [0.29, 0.717) is 11.4 Å². The summed E-state index contributed by atoms with van der Waals surface area (Å²) in [6.07, 6.45) is -4.54. The van der Waals surface area contributed by atoms with Crippen LogP contribution in [0.25, 0.3) is 0 Å². The molecule has 0 aliphatic carbocycles. The zero-order valence-electron chi connectivity index (χ0n) is 12.4. The highest BCUT2D eigenvalue weighted by atomic mass is 79.9. The van der Waals surface area contributed by atoms with E-state index in [1.807, 2.05) is 0 Å². The van der Waals surface area contributed by atoms with Crippen molar-refractivity contribution in [3.8, 4) is 5.75 Å². The number of hydrogen-bond donors (Lipinski definition) is 2. The van der Waals surface area contributed by atoms with E-state index in [9.17, 15) is 22.8 Å². The number of halogens is 4. The number of nitrogens with one attached hydrogen (secondary N) is 2. The molecule has 0 unspecified atom stereocenters. The van der Waals surface area contributed by atoms with Crippen LogP contribution in [-0.4, -0.2) is 18.4 Å². The van der Waals surface area contributed by atoms with Gasteiger partial charge in [-0.1, -0.05) is 15.9 Å². The van der Waals surface area contributed by atoms with Crippen LogP contribution in [0.4, 0.5) is 24.5 Å². The maximum Gasteiger partial charge on any atom is 0.417 e. The number of carbonyl (C=O) groups excluding carboxylic acids is 2. The van der Waals surface area contributed by atoms with E-state index in [1.165, 1.54) is 30.3 Å². The third-order valence-electron chi connectivity index (χ3n) is 3.41. The van der Waals surface area contributed by atoms with Gasteiger partial charge in [-0.15, -0.1) is 0 Å². The number of amides is 2. The van der Waals surface area contributed by atoms with Gasteiger partial charge in [-0.3, -0.25) is 9.59 Å². The van der Waals surface area contributed by atoms with Crippen LogP contribution in [0.1, 0.15) is 15.9 Å². The van der Waals surface area contributed by atoms with Gasteiger partial charge >= 0.3 is 6.18 Å². The largest absolute Gasteiger partial charge is 0.482 e. The van der Waals surface area contributed by atoms with Crippen molar-refractivity contribution in [2.24, 2.45) is 0 Å². The Balaban J connectivity index is 1.82. The highest BCUT2D eigenvalue weighted by Crippen LogP contribution is 2.36. The van der Waals surface area contributed by atoms with Crippen LogP contribution in [0, 0.1) is 0 Å². The number of ether oxygens (including phenoxy) is 1. The standard InChI is InChI=1S/C16H10BrF3N2O3/c17-11-3-2-9(6-10(11)16(18,19)20)21-15(24)8-1-4-12-13(5-8)25-7-14(23)22-12/h1-6H,7H2,(H,21,24)(H,22,23). The molecule has 0 aromatic heterocycles. The predicted octanol–water partition coefficient (Wildman–Crippen LogP) is 4.05. The van der Waals surface area contributed by atoms with Crippen molar-refractivity contribution in [3.05, 3.63) is 52.0 Å². The number of benzene rings is 2. The first-order valence-corrected chi connectivity index (χ1v) is 7.78. The fourth-order valence-corrected chi connectivity index (χ4v) is 2.71. The van der Waals surface area contributed by atoms with Crippen LogP contribution in [0.15, 0.2) is 40.9 Å². The molecule has 2 aromatic rings. The van der Waals surface area contributed by atoms with Crippen molar-refractivity contribution in [1.82, 2.24) is 0 Å². The van der Waals surface area contributed by atoms with Gasteiger partial charge in [0.05, 0.1) is 11.3 Å². The van der Waals surface area contributed by atoms with Crippen LogP contribution < -0.4 is 15.4 Å². The smallest absolute Gasteiger partial charge is 0.417 e. The SMILES string of the molecule is O=C1COc2cc(C(=O)Nc3ccc(Br)c(C(F)(F)F)c3)ccc2N1. The molecule has 3 rings (SSSR count). The van der Waals surface area contributed by atoms with Gasteiger partial charge in [0, 0.05) is 15.7 Å². The Kier molecular flexibility index (Phi) is 4.42. The molecule has 9 heteroatoms. The Morgan fingerprint density at radius 3 is 2.68 bits per heavy atom. The molecule has 130 valence electrons. The first-order valence-electron chi connectivity index (χ1n) is 6.99. The Morgan fingerprint density at radius 2 is 1.96 bits per heavy atom. The summed E-state index contributed by atoms with van der Waals surface area (Å²) in [7, 11) is 0. The monoisotopic (exact) mass is 414 g/mol. The number of hydrogen-bond acceptors (Lipinski definition) is 3. The molecule has 25 heavy (non-hydrogen) atoms. The van der Waals surface area contributed by atoms with E-state index >= 15 is 0 Å². The third kappa shape index (κ3) is 3.76. The van der Waals surface area contributed by atoms with E-state index in [4.69, 9.17) is 4.74 Å². The molecule has 1 aliphatic heterocycles. The average molecular weight is 415 g/mol. The molecule has 0 saturated carbocycles. The van der Waals surface area contributed by atoms with E-state index in [1.54, 1.807) is 0 Å². The van der Waals surface area contributed by atoms with Crippen molar-refractivity contribution in [1.29, 1.82) is 0 Å². The minimum atomic E-state index is -4.54. The van der Waals surface area contributed by atoms with Gasteiger partial charge in [0.2, 0.25) is 0 Å². The molecule has 0 fully saturated rings. The minimum absolute atomic E-state index is 0.00691. The molecule has 2 aromatic carbocycles. The van der Waals surface area contributed by atoms with Crippen molar-refractivity contribution in [2.75, 3.05) is 17.2 Å². The normalized spacial score (nSPS) is 13.5. The topological polar surface area (TPSA) is 67.4 Å². The number of carbonyl (C=O) groups is 2. The van der Waals surface area contributed by atoms with Gasteiger partial charge < -0.3 is 15.4 Å². The summed E-state index contributed by atoms with van der Waals surface area (Å²) in [5.41, 5.74) is -0.267. The predicted molar refractivity (Wildman–Crippen MR) is 87.7 cm³/mol. The fourth-order valence-electron chi connectivity index (χ4n) is 2.24. The van der Waals surface area contributed by atoms with Gasteiger partial charge in [0.1, 0.15) is 5.75 Å². The summed E-state index contributed by atoms with van der Waals surface area (Å²) in [6.45, 7) is -0.167. The number of anilines is 2. The zero-order chi connectivity index (χ0) is 18.2. The molecular weight excluding hydrogens is 405 g/mol. The second kappa shape index (κ2) is 6.40. The van der Waals surface area contributed by atoms with Gasteiger partial charge in [0.15, 0.2) is 6.61 Å². The first kappa shape index (κ1) is 17.3. The van der Waals surface area contributed by atoms with Gasteiger partial charge in [0.25, 0.3) is 11.8 Å². The molecule has 0 spiro atoms. The molecule has 0 saturated heterocycles. The van der Waals surface area contributed by atoms with Crippen molar-refractivity contribution in [2.45, 2.75) is 6.18 Å². The summed E-state index contributed by atoms with van der Waals surface area (Å²) in [6, 6.07) is 7.75. The summed E-state index contributed by atoms with van der Waals surface area (Å²) in [4.78, 5) is 23.5. The lowest BCUT2D eigenvalue weighted by atomic mass is 10.1. The van der Waals surface area contributed by atoms with E-state index in [-0.39, 0.29) is 28.2 Å². The summed E-state index contributed by atoms with van der Waals surface area (Å²) in [5, 5.41) is 4.99. The summed E-state index contributed by atoms with van der Waals surface area (Å²) in [5.74, 6) is -0.586. The zero-order valence-corrected chi connectivity index (χ0v) is 14.0. The minimum Gasteiger partial charge on any atom is -0.482 e.